The van der Waals surface area contributed by atoms with Crippen LogP contribution in [0.15, 0.2) is 60.9 Å². The number of hydrogen-bond donors (Lipinski definition) is 1. The predicted molar refractivity (Wildman–Crippen MR) is 181 cm³/mol. The Labute approximate surface area is 278 Å². The lowest BCUT2D eigenvalue weighted by Crippen LogP contribution is -2.58. The first-order chi connectivity index (χ1) is 22.7. The molecule has 2 amide bonds. The second kappa shape index (κ2) is 14.5. The van der Waals surface area contributed by atoms with Crippen LogP contribution in [0, 0.1) is 13.8 Å². The molecule has 10 nitrogen and oxygen atoms in total. The molecule has 1 atom stereocenters. The molecule has 3 saturated heterocycles. The Kier molecular flexibility index (Phi) is 10.2. The highest BCUT2D eigenvalue weighted by molar-refractivity contribution is 5.96. The second-order valence-corrected chi connectivity index (χ2v) is 13.5. The van der Waals surface area contributed by atoms with Crippen molar-refractivity contribution in [3.63, 3.8) is 0 Å². The molecule has 0 saturated carbocycles. The van der Waals surface area contributed by atoms with Gasteiger partial charge >= 0.3 is 0 Å². The minimum absolute atomic E-state index is 0.0434. The van der Waals surface area contributed by atoms with Gasteiger partial charge in [-0.15, -0.1) is 0 Å². The van der Waals surface area contributed by atoms with E-state index >= 15 is 0 Å². The molecule has 4 heterocycles. The molecule has 10 heteroatoms. The van der Waals surface area contributed by atoms with Crippen molar-refractivity contribution >= 4 is 17.5 Å². The molecule has 0 radical (unpaired) electrons. The summed E-state index contributed by atoms with van der Waals surface area (Å²) in [7, 11) is 0. The van der Waals surface area contributed by atoms with Gasteiger partial charge in [0.1, 0.15) is 6.33 Å². The summed E-state index contributed by atoms with van der Waals surface area (Å²) < 4.78 is 5.36. The smallest absolute Gasteiger partial charge is 0.257 e. The Morgan fingerprint density at radius 2 is 1.51 bits per heavy atom. The summed E-state index contributed by atoms with van der Waals surface area (Å²) in [6, 6.07) is 18.8. The third-order valence-corrected chi connectivity index (χ3v) is 10.5. The highest BCUT2D eigenvalue weighted by atomic mass is 16.5. The molecule has 1 aromatic heterocycles. The van der Waals surface area contributed by atoms with Gasteiger partial charge in [-0.05, 0) is 69.7 Å². The van der Waals surface area contributed by atoms with Crippen LogP contribution in [0.2, 0.25) is 0 Å². The molecule has 3 aliphatic rings. The maximum atomic E-state index is 13.4. The number of carbonyl (C=O) groups excluding carboxylic acids is 2. The monoisotopic (exact) mass is 640 g/mol. The normalized spacial score (nSPS) is 19.7. The zero-order chi connectivity index (χ0) is 33.0. The Balaban J connectivity index is 1.10. The van der Waals surface area contributed by atoms with Crippen LogP contribution in [0.25, 0.3) is 0 Å². The third kappa shape index (κ3) is 7.35. The number of rotatable bonds is 8. The zero-order valence-corrected chi connectivity index (χ0v) is 28.0. The summed E-state index contributed by atoms with van der Waals surface area (Å²) in [5.41, 5.74) is 5.13. The van der Waals surface area contributed by atoms with E-state index in [9.17, 15) is 14.7 Å². The van der Waals surface area contributed by atoms with E-state index in [0.717, 1.165) is 75.5 Å². The van der Waals surface area contributed by atoms with Gasteiger partial charge in [0.25, 0.3) is 11.8 Å². The minimum Gasteiger partial charge on any atom is -0.378 e. The molecule has 3 aliphatic heterocycles. The number of morpholine rings is 1. The second-order valence-electron chi connectivity index (χ2n) is 13.5. The SMILES string of the molecule is Cc1ncnc(C)c1C(=O)N1CCC(C)(N2CCC(N(Cc3ccccc3)c3ccc([C@H](O)C(=O)N4CCOCC4)cc3)CC2)CC1. The van der Waals surface area contributed by atoms with E-state index in [2.05, 4.69) is 63.1 Å². The number of anilines is 1. The number of aliphatic hydroxyl groups is 1. The fourth-order valence-electron chi connectivity index (χ4n) is 7.44. The number of carbonyl (C=O) groups is 2. The van der Waals surface area contributed by atoms with E-state index < -0.39 is 6.10 Å². The maximum absolute atomic E-state index is 13.4. The molecule has 3 aromatic rings. The van der Waals surface area contributed by atoms with Gasteiger partial charge in [-0.1, -0.05) is 42.5 Å². The molecule has 0 spiro atoms. The first-order valence-electron chi connectivity index (χ1n) is 17.0. The third-order valence-electron chi connectivity index (χ3n) is 10.5. The summed E-state index contributed by atoms with van der Waals surface area (Å²) >= 11 is 0. The molecule has 0 aliphatic carbocycles. The van der Waals surface area contributed by atoms with E-state index in [1.165, 1.54) is 11.9 Å². The molecular weight excluding hydrogens is 592 g/mol. The number of aromatic nitrogens is 2. The Morgan fingerprint density at radius 3 is 2.13 bits per heavy atom. The summed E-state index contributed by atoms with van der Waals surface area (Å²) in [5.74, 6) is -0.223. The number of aryl methyl sites for hydroxylation is 2. The number of nitrogens with zero attached hydrogens (tertiary/aromatic N) is 6. The van der Waals surface area contributed by atoms with E-state index in [-0.39, 0.29) is 17.4 Å². The van der Waals surface area contributed by atoms with Crippen LogP contribution >= 0.6 is 0 Å². The lowest BCUT2D eigenvalue weighted by atomic mass is 9.85. The van der Waals surface area contributed by atoms with Crippen molar-refractivity contribution in [1.82, 2.24) is 24.7 Å². The zero-order valence-electron chi connectivity index (χ0n) is 28.0. The summed E-state index contributed by atoms with van der Waals surface area (Å²) in [6.45, 7) is 12.4. The molecule has 2 aromatic carbocycles. The maximum Gasteiger partial charge on any atom is 0.257 e. The molecule has 0 unspecified atom stereocenters. The number of aliphatic hydroxyl groups excluding tert-OH is 1. The van der Waals surface area contributed by atoms with Gasteiger partial charge in [0, 0.05) is 63.1 Å². The highest BCUT2D eigenvalue weighted by Gasteiger charge is 2.40. The summed E-state index contributed by atoms with van der Waals surface area (Å²) in [5, 5.41) is 10.9. The van der Waals surface area contributed by atoms with Gasteiger partial charge in [0.2, 0.25) is 0 Å². The lowest BCUT2D eigenvalue weighted by molar-refractivity contribution is -0.144. The van der Waals surface area contributed by atoms with Crippen LogP contribution in [0.5, 0.6) is 0 Å². The van der Waals surface area contributed by atoms with Crippen LogP contribution in [0.4, 0.5) is 5.69 Å². The van der Waals surface area contributed by atoms with Crippen molar-refractivity contribution in [2.24, 2.45) is 0 Å². The van der Waals surface area contributed by atoms with E-state index in [0.29, 0.717) is 43.5 Å². The average molecular weight is 641 g/mol. The number of likely N-dealkylation sites (tertiary alicyclic amines) is 2. The van der Waals surface area contributed by atoms with Crippen molar-refractivity contribution in [2.45, 2.75) is 70.7 Å². The van der Waals surface area contributed by atoms with Gasteiger partial charge in [-0.2, -0.15) is 0 Å². The minimum atomic E-state index is -1.18. The summed E-state index contributed by atoms with van der Waals surface area (Å²) in [4.78, 5) is 43.6. The quantitative estimate of drug-likeness (QED) is 0.392. The molecule has 1 N–H and O–H groups in total. The molecule has 47 heavy (non-hydrogen) atoms. The standard InChI is InChI=1S/C37H48N6O4/c1-27-33(28(2)39-26-38-27)35(45)40-19-15-37(3,16-20-40)42-17-13-32(14-18-42)43(25-29-7-5-4-6-8-29)31-11-9-30(10-12-31)34(44)36(46)41-21-23-47-24-22-41/h4-12,26,32,34,44H,13-25H2,1-3H3/t34-/m0/s1. The van der Waals surface area contributed by atoms with Gasteiger partial charge in [-0.25, -0.2) is 9.97 Å². The van der Waals surface area contributed by atoms with Gasteiger partial charge in [-0.3, -0.25) is 14.5 Å². The van der Waals surface area contributed by atoms with Gasteiger partial charge in [0.15, 0.2) is 6.10 Å². The number of ether oxygens (including phenoxy) is 1. The molecular formula is C37H48N6O4. The van der Waals surface area contributed by atoms with Crippen LogP contribution in [-0.4, -0.2) is 106 Å². The van der Waals surface area contributed by atoms with Crippen LogP contribution < -0.4 is 4.90 Å². The number of piperidine rings is 2. The lowest BCUT2D eigenvalue weighted by Gasteiger charge is -2.50. The number of hydrogen-bond acceptors (Lipinski definition) is 8. The Hall–Kier alpha value is -3.86. The fraction of sp³-hybridized carbons (Fsp3) is 0.514. The average Bonchev–Trinajstić information content (AvgIpc) is 3.11. The summed E-state index contributed by atoms with van der Waals surface area (Å²) in [6.07, 6.45) is 4.29. The topological polar surface area (TPSA) is 102 Å². The van der Waals surface area contributed by atoms with E-state index in [1.807, 2.05) is 36.9 Å². The predicted octanol–water partition coefficient (Wildman–Crippen LogP) is 4.15. The number of amides is 2. The van der Waals surface area contributed by atoms with Crippen molar-refractivity contribution in [3.8, 4) is 0 Å². The van der Waals surface area contributed by atoms with Gasteiger partial charge in [0.05, 0.1) is 30.2 Å². The van der Waals surface area contributed by atoms with E-state index in [4.69, 9.17) is 4.74 Å². The van der Waals surface area contributed by atoms with Crippen molar-refractivity contribution in [2.75, 3.05) is 57.4 Å². The Bertz CT molecular complexity index is 1490. The highest BCUT2D eigenvalue weighted by Crippen LogP contribution is 2.35. The fourth-order valence-corrected chi connectivity index (χ4v) is 7.44. The van der Waals surface area contributed by atoms with Crippen LogP contribution in [0.1, 0.15) is 71.6 Å². The van der Waals surface area contributed by atoms with Crippen LogP contribution in [0.3, 0.4) is 0 Å². The molecule has 3 fully saturated rings. The van der Waals surface area contributed by atoms with Crippen molar-refractivity contribution in [1.29, 1.82) is 0 Å². The molecule has 6 rings (SSSR count). The van der Waals surface area contributed by atoms with Crippen molar-refractivity contribution < 1.29 is 19.4 Å². The largest absolute Gasteiger partial charge is 0.378 e. The number of benzene rings is 2. The van der Waals surface area contributed by atoms with E-state index in [1.54, 1.807) is 4.90 Å². The first kappa shape index (κ1) is 33.1. The first-order valence-corrected chi connectivity index (χ1v) is 17.0. The Morgan fingerprint density at radius 1 is 0.894 bits per heavy atom. The molecule has 250 valence electrons. The van der Waals surface area contributed by atoms with Gasteiger partial charge < -0.3 is 24.5 Å². The molecule has 0 bridgehead atoms. The van der Waals surface area contributed by atoms with Crippen LogP contribution in [-0.2, 0) is 16.1 Å². The van der Waals surface area contributed by atoms with Crippen molar-refractivity contribution in [3.05, 3.63) is 89.0 Å².